The predicted molar refractivity (Wildman–Crippen MR) is 85.0 cm³/mol. The Labute approximate surface area is 126 Å². The van der Waals surface area contributed by atoms with E-state index >= 15 is 0 Å². The molecule has 3 nitrogen and oxygen atoms in total. The monoisotopic (exact) mass is 293 g/mol. The van der Waals surface area contributed by atoms with E-state index in [0.29, 0.717) is 5.41 Å². The summed E-state index contributed by atoms with van der Waals surface area (Å²) in [5.74, 6) is 0. The summed E-state index contributed by atoms with van der Waals surface area (Å²) in [7, 11) is 2.26. The smallest absolute Gasteiger partial charge is 0.0795 e. The Kier molecular flexibility index (Phi) is 4.74. The van der Waals surface area contributed by atoms with Crippen molar-refractivity contribution in [1.82, 2.24) is 15.2 Å². The largest absolute Gasteiger partial charge is 0.313 e. The van der Waals surface area contributed by atoms with E-state index in [9.17, 15) is 0 Å². The molecule has 2 saturated carbocycles. The Bertz CT molecular complexity index is 394. The van der Waals surface area contributed by atoms with Gasteiger partial charge in [-0.25, -0.2) is 4.98 Å². The third-order valence-electron chi connectivity index (χ3n) is 4.78. The van der Waals surface area contributed by atoms with Crippen molar-refractivity contribution in [3.63, 3.8) is 0 Å². The summed E-state index contributed by atoms with van der Waals surface area (Å²) in [6, 6.07) is 0.831. The molecular formula is C16H27N3S. The highest BCUT2D eigenvalue weighted by molar-refractivity contribution is 7.07. The fourth-order valence-electron chi connectivity index (χ4n) is 3.56. The van der Waals surface area contributed by atoms with Crippen molar-refractivity contribution in [1.29, 1.82) is 0 Å². The van der Waals surface area contributed by atoms with E-state index < -0.39 is 0 Å². The molecule has 1 aromatic rings. The minimum atomic E-state index is 0.506. The molecule has 1 N–H and O–H groups in total. The van der Waals surface area contributed by atoms with Crippen molar-refractivity contribution in [2.24, 2.45) is 5.41 Å². The van der Waals surface area contributed by atoms with Crippen molar-refractivity contribution in [2.45, 2.75) is 57.5 Å². The Morgan fingerprint density at radius 2 is 2.15 bits per heavy atom. The quantitative estimate of drug-likeness (QED) is 0.836. The van der Waals surface area contributed by atoms with Crippen LogP contribution in [-0.2, 0) is 6.54 Å². The third-order valence-corrected chi connectivity index (χ3v) is 5.41. The molecule has 3 rings (SSSR count). The molecule has 0 aromatic carbocycles. The van der Waals surface area contributed by atoms with Crippen LogP contribution in [0.1, 0.15) is 50.6 Å². The molecule has 2 aliphatic carbocycles. The molecule has 0 amide bonds. The number of thiazole rings is 1. The van der Waals surface area contributed by atoms with Crippen LogP contribution < -0.4 is 5.32 Å². The highest BCUT2D eigenvalue weighted by Crippen LogP contribution is 2.37. The molecule has 4 heteroatoms. The van der Waals surface area contributed by atoms with Crippen LogP contribution in [-0.4, -0.2) is 36.1 Å². The average Bonchev–Trinajstić information content (AvgIpc) is 3.15. The summed E-state index contributed by atoms with van der Waals surface area (Å²) in [6.07, 6.45) is 9.84. The summed E-state index contributed by atoms with van der Waals surface area (Å²) in [5.41, 5.74) is 3.67. The zero-order valence-electron chi connectivity index (χ0n) is 12.6. The first-order valence-electron chi connectivity index (χ1n) is 8.05. The van der Waals surface area contributed by atoms with E-state index in [1.165, 1.54) is 63.7 Å². The summed E-state index contributed by atoms with van der Waals surface area (Å²) in [4.78, 5) is 6.90. The van der Waals surface area contributed by atoms with Gasteiger partial charge in [-0.3, -0.25) is 4.90 Å². The summed E-state index contributed by atoms with van der Waals surface area (Å²) in [5, 5.41) is 5.96. The second-order valence-electron chi connectivity index (χ2n) is 6.87. The molecule has 0 unspecified atom stereocenters. The van der Waals surface area contributed by atoms with E-state index in [1.807, 2.05) is 5.51 Å². The van der Waals surface area contributed by atoms with Gasteiger partial charge >= 0.3 is 0 Å². The number of hydrogen-bond acceptors (Lipinski definition) is 4. The number of rotatable bonds is 7. The molecule has 20 heavy (non-hydrogen) atoms. The van der Waals surface area contributed by atoms with Gasteiger partial charge in [0.1, 0.15) is 0 Å². The van der Waals surface area contributed by atoms with Gasteiger partial charge in [0.2, 0.25) is 0 Å². The molecule has 1 aromatic heterocycles. The summed E-state index contributed by atoms with van der Waals surface area (Å²) >= 11 is 1.70. The topological polar surface area (TPSA) is 28.2 Å². The second kappa shape index (κ2) is 6.54. The Morgan fingerprint density at radius 1 is 1.35 bits per heavy atom. The molecule has 1 heterocycles. The van der Waals surface area contributed by atoms with Crippen molar-refractivity contribution < 1.29 is 0 Å². The molecule has 2 aliphatic rings. The van der Waals surface area contributed by atoms with Crippen LogP contribution in [0.2, 0.25) is 0 Å². The minimum absolute atomic E-state index is 0.506. The highest BCUT2D eigenvalue weighted by Gasteiger charge is 2.35. The number of nitrogens with one attached hydrogen (secondary N) is 1. The molecule has 2 fully saturated rings. The lowest BCUT2D eigenvalue weighted by atomic mass is 9.73. The van der Waals surface area contributed by atoms with Gasteiger partial charge in [0, 0.05) is 31.1 Å². The van der Waals surface area contributed by atoms with Gasteiger partial charge in [0.05, 0.1) is 11.2 Å². The van der Waals surface area contributed by atoms with Gasteiger partial charge in [-0.05, 0) is 38.1 Å². The summed E-state index contributed by atoms with van der Waals surface area (Å²) in [6.45, 7) is 3.43. The number of nitrogens with zero attached hydrogens (tertiary/aromatic N) is 2. The lowest BCUT2D eigenvalue weighted by Crippen LogP contribution is -2.44. The lowest BCUT2D eigenvalue weighted by molar-refractivity contribution is 0.113. The van der Waals surface area contributed by atoms with Gasteiger partial charge in [-0.2, -0.15) is 0 Å². The van der Waals surface area contributed by atoms with Gasteiger partial charge in [-0.15, -0.1) is 11.3 Å². The maximum atomic E-state index is 4.42. The number of hydrogen-bond donors (Lipinski definition) is 1. The zero-order chi connectivity index (χ0) is 13.8. The predicted octanol–water partition coefficient (Wildman–Crippen LogP) is 3.28. The van der Waals surface area contributed by atoms with E-state index in [2.05, 4.69) is 27.6 Å². The van der Waals surface area contributed by atoms with Crippen LogP contribution in [0.4, 0.5) is 0 Å². The Hall–Kier alpha value is -0.450. The van der Waals surface area contributed by atoms with Gasteiger partial charge in [0.15, 0.2) is 0 Å². The number of aromatic nitrogens is 1. The maximum Gasteiger partial charge on any atom is 0.0795 e. The van der Waals surface area contributed by atoms with Crippen LogP contribution in [0.3, 0.4) is 0 Å². The maximum absolute atomic E-state index is 4.42. The molecule has 0 saturated heterocycles. The standard InChI is InChI=1S/C16H27N3S/c1-19(9-15-10-20-13-18-15)12-16(7-3-2-4-8-16)11-17-14-5-6-14/h10,13-14,17H,2-9,11-12H2,1H3. The van der Waals surface area contributed by atoms with Crippen molar-refractivity contribution in [2.75, 3.05) is 20.1 Å². The fourth-order valence-corrected chi connectivity index (χ4v) is 4.11. The third kappa shape index (κ3) is 4.03. The van der Waals surface area contributed by atoms with Crippen LogP contribution in [0, 0.1) is 5.41 Å². The fraction of sp³-hybridized carbons (Fsp3) is 0.812. The first-order chi connectivity index (χ1) is 9.76. The normalized spacial score (nSPS) is 22.3. The zero-order valence-corrected chi connectivity index (χ0v) is 13.4. The van der Waals surface area contributed by atoms with Crippen LogP contribution in [0.5, 0.6) is 0 Å². The molecule has 0 atom stereocenters. The van der Waals surface area contributed by atoms with Crippen LogP contribution >= 0.6 is 11.3 Å². The van der Waals surface area contributed by atoms with Crippen molar-refractivity contribution in [3.05, 3.63) is 16.6 Å². The first kappa shape index (κ1) is 14.5. The first-order valence-corrected chi connectivity index (χ1v) is 8.99. The van der Waals surface area contributed by atoms with Crippen LogP contribution in [0.25, 0.3) is 0 Å². The second-order valence-corrected chi connectivity index (χ2v) is 7.59. The van der Waals surface area contributed by atoms with Gasteiger partial charge in [-0.1, -0.05) is 19.3 Å². The van der Waals surface area contributed by atoms with Gasteiger partial charge in [0.25, 0.3) is 0 Å². The average molecular weight is 293 g/mol. The Balaban J connectivity index is 1.56. The van der Waals surface area contributed by atoms with Gasteiger partial charge < -0.3 is 5.32 Å². The molecule has 112 valence electrons. The van der Waals surface area contributed by atoms with E-state index in [1.54, 1.807) is 11.3 Å². The van der Waals surface area contributed by atoms with Crippen molar-refractivity contribution >= 4 is 11.3 Å². The Morgan fingerprint density at radius 3 is 2.80 bits per heavy atom. The van der Waals surface area contributed by atoms with Crippen LogP contribution in [0.15, 0.2) is 10.9 Å². The lowest BCUT2D eigenvalue weighted by Gasteiger charge is -2.40. The SMILES string of the molecule is CN(Cc1cscn1)CC1(CNC2CC2)CCCCC1. The van der Waals surface area contributed by atoms with E-state index in [4.69, 9.17) is 0 Å². The molecular weight excluding hydrogens is 266 g/mol. The van der Waals surface area contributed by atoms with E-state index in [0.717, 1.165) is 12.6 Å². The summed E-state index contributed by atoms with van der Waals surface area (Å²) < 4.78 is 0. The molecule has 0 spiro atoms. The molecule has 0 aliphatic heterocycles. The van der Waals surface area contributed by atoms with E-state index in [-0.39, 0.29) is 0 Å². The van der Waals surface area contributed by atoms with Crippen molar-refractivity contribution in [3.8, 4) is 0 Å². The minimum Gasteiger partial charge on any atom is -0.313 e. The highest BCUT2D eigenvalue weighted by atomic mass is 32.1. The molecule has 0 radical (unpaired) electrons. The molecule has 0 bridgehead atoms.